The van der Waals surface area contributed by atoms with Crippen LogP contribution in [-0.4, -0.2) is 15.6 Å². The minimum absolute atomic E-state index is 0.0824. The Labute approximate surface area is 112 Å². The Hall–Kier alpha value is -2.14. The predicted molar refractivity (Wildman–Crippen MR) is 68.2 cm³/mol. The molecule has 1 heterocycles. The average Bonchev–Trinajstić information content (AvgIpc) is 2.34. The van der Waals surface area contributed by atoms with Crippen molar-refractivity contribution in [2.24, 2.45) is 0 Å². The van der Waals surface area contributed by atoms with Gasteiger partial charge in [-0.2, -0.15) is 0 Å². The van der Waals surface area contributed by atoms with Crippen LogP contribution in [0.3, 0.4) is 0 Å². The summed E-state index contributed by atoms with van der Waals surface area (Å²) in [5, 5.41) is 9.05. The molecule has 0 aliphatic carbocycles. The summed E-state index contributed by atoms with van der Waals surface area (Å²) in [6.45, 7) is 0.0824. The van der Waals surface area contributed by atoms with Crippen LogP contribution in [0.4, 0.5) is 4.39 Å². The van der Waals surface area contributed by atoms with Crippen molar-refractivity contribution in [3.8, 4) is 0 Å². The van der Waals surface area contributed by atoms with E-state index in [1.807, 2.05) is 0 Å². The summed E-state index contributed by atoms with van der Waals surface area (Å²) in [5.74, 6) is -1.76. The quantitative estimate of drug-likeness (QED) is 0.940. The van der Waals surface area contributed by atoms with Gasteiger partial charge in [-0.15, -0.1) is 0 Å². The first-order valence-corrected chi connectivity index (χ1v) is 5.73. The third-order valence-electron chi connectivity index (χ3n) is 2.61. The smallest absolute Gasteiger partial charge is 0.341 e. The zero-order valence-electron chi connectivity index (χ0n) is 9.64. The van der Waals surface area contributed by atoms with Crippen molar-refractivity contribution in [3.63, 3.8) is 0 Å². The van der Waals surface area contributed by atoms with Gasteiger partial charge in [0, 0.05) is 11.2 Å². The van der Waals surface area contributed by atoms with E-state index in [4.69, 9.17) is 16.7 Å². The molecule has 2 aromatic rings. The maximum absolute atomic E-state index is 12.9. The number of aromatic carboxylic acids is 1. The van der Waals surface area contributed by atoms with Gasteiger partial charge in [-0.1, -0.05) is 17.7 Å². The summed E-state index contributed by atoms with van der Waals surface area (Å²) in [6, 6.07) is 6.52. The van der Waals surface area contributed by atoms with Crippen molar-refractivity contribution in [1.82, 2.24) is 4.57 Å². The first-order valence-electron chi connectivity index (χ1n) is 5.35. The highest BCUT2D eigenvalue weighted by Gasteiger charge is 2.11. The van der Waals surface area contributed by atoms with E-state index in [1.165, 1.54) is 35.0 Å². The Bertz CT molecular complexity index is 697. The number of rotatable bonds is 3. The normalized spacial score (nSPS) is 10.4. The third-order valence-corrected chi connectivity index (χ3v) is 2.96. The van der Waals surface area contributed by atoms with E-state index in [0.29, 0.717) is 5.56 Å². The van der Waals surface area contributed by atoms with E-state index in [9.17, 15) is 14.0 Å². The Kier molecular flexibility index (Phi) is 3.66. The molecule has 0 atom stereocenters. The fourth-order valence-electron chi connectivity index (χ4n) is 1.66. The lowest BCUT2D eigenvalue weighted by Gasteiger charge is -2.08. The standard InChI is InChI=1S/C13H9ClFNO3/c14-11-6-9(15)4-3-8(11)7-16-5-1-2-10(12(16)17)13(18)19/h1-6H,7H2,(H,18,19). The third kappa shape index (κ3) is 2.82. The number of benzene rings is 1. The minimum atomic E-state index is -1.29. The molecule has 0 unspecified atom stereocenters. The van der Waals surface area contributed by atoms with Gasteiger partial charge in [-0.05, 0) is 29.8 Å². The molecular weight excluding hydrogens is 273 g/mol. The molecule has 1 N–H and O–H groups in total. The molecule has 0 fully saturated rings. The number of hydrogen-bond acceptors (Lipinski definition) is 2. The zero-order valence-corrected chi connectivity index (χ0v) is 10.4. The number of pyridine rings is 1. The lowest BCUT2D eigenvalue weighted by Crippen LogP contribution is -2.26. The zero-order chi connectivity index (χ0) is 14.0. The first-order chi connectivity index (χ1) is 8.99. The lowest BCUT2D eigenvalue weighted by atomic mass is 10.2. The van der Waals surface area contributed by atoms with E-state index >= 15 is 0 Å². The second-order valence-corrected chi connectivity index (χ2v) is 4.30. The van der Waals surface area contributed by atoms with E-state index < -0.39 is 17.3 Å². The van der Waals surface area contributed by atoms with Crippen LogP contribution in [0.2, 0.25) is 5.02 Å². The highest BCUT2D eigenvalue weighted by molar-refractivity contribution is 6.31. The molecule has 2 rings (SSSR count). The lowest BCUT2D eigenvalue weighted by molar-refractivity contribution is 0.0694. The first kappa shape index (κ1) is 13.3. The minimum Gasteiger partial charge on any atom is -0.477 e. The van der Waals surface area contributed by atoms with Crippen LogP contribution in [0, 0.1) is 5.82 Å². The van der Waals surface area contributed by atoms with Crippen LogP contribution in [-0.2, 0) is 6.54 Å². The molecule has 19 heavy (non-hydrogen) atoms. The topological polar surface area (TPSA) is 59.3 Å². The van der Waals surface area contributed by atoms with Gasteiger partial charge < -0.3 is 9.67 Å². The Morgan fingerprint density at radius 2 is 2.11 bits per heavy atom. The van der Waals surface area contributed by atoms with Crippen LogP contribution >= 0.6 is 11.6 Å². The van der Waals surface area contributed by atoms with E-state index in [2.05, 4.69) is 0 Å². The number of carboxylic acid groups (broad SMARTS) is 1. The summed E-state index contributed by atoms with van der Waals surface area (Å²) >= 11 is 5.86. The number of nitrogens with zero attached hydrogens (tertiary/aromatic N) is 1. The number of hydrogen-bond donors (Lipinski definition) is 1. The fraction of sp³-hybridized carbons (Fsp3) is 0.0769. The maximum atomic E-state index is 12.9. The average molecular weight is 282 g/mol. The SMILES string of the molecule is O=C(O)c1cccn(Cc2ccc(F)cc2Cl)c1=O. The van der Waals surface area contributed by atoms with Crippen molar-refractivity contribution >= 4 is 17.6 Å². The van der Waals surface area contributed by atoms with Crippen LogP contribution in [0.25, 0.3) is 0 Å². The monoisotopic (exact) mass is 281 g/mol. The summed E-state index contributed by atoms with van der Waals surface area (Å²) < 4.78 is 14.1. The van der Waals surface area contributed by atoms with Crippen LogP contribution in [0.1, 0.15) is 15.9 Å². The van der Waals surface area contributed by atoms with Gasteiger partial charge in [-0.25, -0.2) is 9.18 Å². The summed E-state index contributed by atoms with van der Waals surface area (Å²) in [6.07, 6.45) is 1.45. The summed E-state index contributed by atoms with van der Waals surface area (Å²) in [5.41, 5.74) is -0.413. The molecule has 0 spiro atoms. The molecule has 98 valence electrons. The highest BCUT2D eigenvalue weighted by atomic mass is 35.5. The molecular formula is C13H9ClFNO3. The van der Waals surface area contributed by atoms with E-state index in [0.717, 1.165) is 6.07 Å². The van der Waals surface area contributed by atoms with Crippen molar-refractivity contribution in [1.29, 1.82) is 0 Å². The van der Waals surface area contributed by atoms with Crippen molar-refractivity contribution < 1.29 is 14.3 Å². The molecule has 0 saturated carbocycles. The molecule has 0 radical (unpaired) electrons. The van der Waals surface area contributed by atoms with Gasteiger partial charge in [0.05, 0.1) is 6.54 Å². The predicted octanol–water partition coefficient (Wildman–Crippen LogP) is 2.39. The number of aromatic nitrogens is 1. The molecule has 6 heteroatoms. The van der Waals surface area contributed by atoms with Crippen molar-refractivity contribution in [3.05, 3.63) is 68.8 Å². The van der Waals surface area contributed by atoms with Gasteiger partial charge in [-0.3, -0.25) is 4.79 Å². The molecule has 0 bridgehead atoms. The second kappa shape index (κ2) is 5.24. The van der Waals surface area contributed by atoms with Gasteiger partial charge in [0.2, 0.25) is 0 Å². The Morgan fingerprint density at radius 1 is 1.37 bits per heavy atom. The molecule has 4 nitrogen and oxygen atoms in total. The Balaban J connectivity index is 2.42. The summed E-state index contributed by atoms with van der Waals surface area (Å²) in [4.78, 5) is 22.7. The number of halogens is 2. The molecule has 1 aromatic heterocycles. The van der Waals surface area contributed by atoms with Gasteiger partial charge in [0.1, 0.15) is 11.4 Å². The van der Waals surface area contributed by atoms with Crippen molar-refractivity contribution in [2.45, 2.75) is 6.54 Å². The second-order valence-electron chi connectivity index (χ2n) is 3.90. The number of carboxylic acids is 1. The molecule has 0 aliphatic heterocycles. The molecule has 0 saturated heterocycles. The molecule has 1 aromatic carbocycles. The van der Waals surface area contributed by atoms with E-state index in [-0.39, 0.29) is 17.1 Å². The molecule has 0 aliphatic rings. The number of carbonyl (C=O) groups is 1. The van der Waals surface area contributed by atoms with Crippen molar-refractivity contribution in [2.75, 3.05) is 0 Å². The summed E-state index contributed by atoms with van der Waals surface area (Å²) in [7, 11) is 0. The van der Waals surface area contributed by atoms with Gasteiger partial charge >= 0.3 is 5.97 Å². The maximum Gasteiger partial charge on any atom is 0.341 e. The Morgan fingerprint density at radius 3 is 2.74 bits per heavy atom. The van der Waals surface area contributed by atoms with Crippen LogP contribution < -0.4 is 5.56 Å². The molecule has 0 amide bonds. The highest BCUT2D eigenvalue weighted by Crippen LogP contribution is 2.17. The fourth-order valence-corrected chi connectivity index (χ4v) is 1.88. The van der Waals surface area contributed by atoms with Crippen LogP contribution in [0.15, 0.2) is 41.3 Å². The van der Waals surface area contributed by atoms with Crippen LogP contribution in [0.5, 0.6) is 0 Å². The van der Waals surface area contributed by atoms with Gasteiger partial charge in [0.15, 0.2) is 0 Å². The van der Waals surface area contributed by atoms with Gasteiger partial charge in [0.25, 0.3) is 5.56 Å². The van der Waals surface area contributed by atoms with E-state index in [1.54, 1.807) is 0 Å². The largest absolute Gasteiger partial charge is 0.477 e.